The second-order valence-corrected chi connectivity index (χ2v) is 1.01. The van der Waals surface area contributed by atoms with Crippen LogP contribution in [0.3, 0.4) is 0 Å². The van der Waals surface area contributed by atoms with Gasteiger partial charge in [0.1, 0.15) is 5.82 Å². The molecule has 0 saturated carbocycles. The maximum absolute atomic E-state index is 5.04. The zero-order valence-electron chi connectivity index (χ0n) is 4.09. The van der Waals surface area contributed by atoms with Crippen molar-refractivity contribution in [3.63, 3.8) is 0 Å². The third-order valence-corrected chi connectivity index (χ3v) is 0.346. The first-order chi connectivity index (χ1) is 3.27. The number of nitrogens with zero attached hydrogens (tertiary/aromatic N) is 1. The van der Waals surface area contributed by atoms with E-state index in [1.54, 1.807) is 0 Å². The first-order valence-corrected chi connectivity index (χ1v) is 1.87. The standard InChI is InChI=1S/C5H8N2/c1-3-4-7-5(2)6/h3-4H,1-2,6H2/b7-4-. The zero-order valence-corrected chi connectivity index (χ0v) is 4.09. The molecule has 0 radical (unpaired) electrons. The summed E-state index contributed by atoms with van der Waals surface area (Å²) in [6.07, 6.45) is 3.03. The Morgan fingerprint density at radius 2 is 2.29 bits per heavy atom. The summed E-state index contributed by atoms with van der Waals surface area (Å²) < 4.78 is 0. The van der Waals surface area contributed by atoms with Crippen LogP contribution in [-0.2, 0) is 0 Å². The molecule has 0 fully saturated rings. The highest BCUT2D eigenvalue weighted by atomic mass is 14.9. The summed E-state index contributed by atoms with van der Waals surface area (Å²) in [7, 11) is 0. The summed E-state index contributed by atoms with van der Waals surface area (Å²) >= 11 is 0. The molecule has 0 amide bonds. The number of aliphatic imine (C=N–C) groups is 1. The summed E-state index contributed by atoms with van der Waals surface area (Å²) in [6, 6.07) is 0. The van der Waals surface area contributed by atoms with Crippen LogP contribution in [0.15, 0.2) is 30.0 Å². The Kier molecular flexibility index (Phi) is 2.68. The largest absolute Gasteiger partial charge is 0.384 e. The number of allylic oxidation sites excluding steroid dienone is 1. The average Bonchev–Trinajstić information content (AvgIpc) is 1.61. The van der Waals surface area contributed by atoms with Crippen LogP contribution in [0.25, 0.3) is 0 Å². The van der Waals surface area contributed by atoms with Crippen LogP contribution in [0.1, 0.15) is 0 Å². The molecule has 0 unspecified atom stereocenters. The molecule has 0 aliphatic carbocycles. The molecule has 0 bridgehead atoms. The van der Waals surface area contributed by atoms with Gasteiger partial charge in [0.05, 0.1) is 0 Å². The van der Waals surface area contributed by atoms with E-state index in [1.807, 2.05) is 0 Å². The number of nitrogens with two attached hydrogens (primary N) is 1. The molecular weight excluding hydrogens is 88.1 g/mol. The van der Waals surface area contributed by atoms with E-state index in [0.29, 0.717) is 5.82 Å². The van der Waals surface area contributed by atoms with Gasteiger partial charge >= 0.3 is 0 Å². The molecular formula is C5H8N2. The molecule has 0 heterocycles. The number of rotatable bonds is 2. The highest BCUT2D eigenvalue weighted by Gasteiger charge is 1.65. The summed E-state index contributed by atoms with van der Waals surface area (Å²) in [5, 5.41) is 0. The Bertz CT molecular complexity index is 103. The molecule has 0 aliphatic rings. The molecule has 0 spiro atoms. The number of hydrogen-bond acceptors (Lipinski definition) is 2. The van der Waals surface area contributed by atoms with Crippen LogP contribution in [-0.4, -0.2) is 6.21 Å². The summed E-state index contributed by atoms with van der Waals surface area (Å²) in [5.74, 6) is 0.305. The minimum absolute atomic E-state index is 0.305. The molecule has 38 valence electrons. The van der Waals surface area contributed by atoms with Crippen molar-refractivity contribution in [3.05, 3.63) is 25.1 Å². The van der Waals surface area contributed by atoms with E-state index in [2.05, 4.69) is 18.2 Å². The van der Waals surface area contributed by atoms with Gasteiger partial charge in [-0.2, -0.15) is 0 Å². The van der Waals surface area contributed by atoms with Gasteiger partial charge in [0.25, 0.3) is 0 Å². The van der Waals surface area contributed by atoms with Gasteiger partial charge in [-0.05, 0) is 0 Å². The maximum Gasteiger partial charge on any atom is 0.115 e. The lowest BCUT2D eigenvalue weighted by atomic mass is 10.7. The molecule has 0 aromatic carbocycles. The van der Waals surface area contributed by atoms with Gasteiger partial charge in [-0.3, -0.25) is 0 Å². The van der Waals surface area contributed by atoms with Crippen LogP contribution in [0.4, 0.5) is 0 Å². The van der Waals surface area contributed by atoms with E-state index < -0.39 is 0 Å². The van der Waals surface area contributed by atoms with Gasteiger partial charge in [0.2, 0.25) is 0 Å². The van der Waals surface area contributed by atoms with Gasteiger partial charge in [-0.25, -0.2) is 4.99 Å². The Hall–Kier alpha value is -1.05. The molecule has 2 heteroatoms. The van der Waals surface area contributed by atoms with Crippen LogP contribution >= 0.6 is 0 Å². The summed E-state index contributed by atoms with van der Waals surface area (Å²) in [5.41, 5.74) is 5.04. The number of hydrogen-bond donors (Lipinski definition) is 1. The molecule has 0 aliphatic heterocycles. The Morgan fingerprint density at radius 1 is 1.71 bits per heavy atom. The van der Waals surface area contributed by atoms with Crippen LogP contribution < -0.4 is 5.73 Å². The van der Waals surface area contributed by atoms with Crippen molar-refractivity contribution < 1.29 is 0 Å². The first-order valence-electron chi connectivity index (χ1n) is 1.87. The molecule has 0 saturated heterocycles. The second-order valence-electron chi connectivity index (χ2n) is 1.01. The van der Waals surface area contributed by atoms with Crippen molar-refractivity contribution in [2.45, 2.75) is 0 Å². The molecule has 0 rings (SSSR count). The van der Waals surface area contributed by atoms with E-state index in [0.717, 1.165) is 0 Å². The second kappa shape index (κ2) is 3.15. The molecule has 0 aromatic rings. The Balaban J connectivity index is 3.46. The van der Waals surface area contributed by atoms with Crippen LogP contribution in [0.2, 0.25) is 0 Å². The SMILES string of the molecule is C=C/C=N\C(=C)N. The Labute approximate surface area is 43.1 Å². The predicted octanol–water partition coefficient (Wildman–Crippen LogP) is 0.673. The van der Waals surface area contributed by atoms with Crippen molar-refractivity contribution in [1.82, 2.24) is 0 Å². The van der Waals surface area contributed by atoms with Gasteiger partial charge in [0.15, 0.2) is 0 Å². The van der Waals surface area contributed by atoms with Crippen LogP contribution in [0.5, 0.6) is 0 Å². The van der Waals surface area contributed by atoms with Gasteiger partial charge in [-0.15, -0.1) is 0 Å². The predicted molar refractivity (Wildman–Crippen MR) is 32.0 cm³/mol. The average molecular weight is 96.1 g/mol. The van der Waals surface area contributed by atoms with E-state index in [1.165, 1.54) is 12.3 Å². The van der Waals surface area contributed by atoms with Crippen LogP contribution in [0, 0.1) is 0 Å². The van der Waals surface area contributed by atoms with E-state index in [4.69, 9.17) is 5.73 Å². The third-order valence-electron chi connectivity index (χ3n) is 0.346. The van der Waals surface area contributed by atoms with Gasteiger partial charge in [-0.1, -0.05) is 19.2 Å². The highest BCUT2D eigenvalue weighted by Crippen LogP contribution is 1.73. The summed E-state index contributed by atoms with van der Waals surface area (Å²) in [6.45, 7) is 6.71. The van der Waals surface area contributed by atoms with Crippen molar-refractivity contribution >= 4 is 6.21 Å². The molecule has 2 nitrogen and oxygen atoms in total. The quantitative estimate of drug-likeness (QED) is 0.504. The molecule has 7 heavy (non-hydrogen) atoms. The molecule has 2 N–H and O–H groups in total. The van der Waals surface area contributed by atoms with E-state index >= 15 is 0 Å². The van der Waals surface area contributed by atoms with Crippen molar-refractivity contribution in [2.75, 3.05) is 0 Å². The van der Waals surface area contributed by atoms with E-state index in [9.17, 15) is 0 Å². The molecule has 0 aromatic heterocycles. The van der Waals surface area contributed by atoms with Gasteiger partial charge in [0, 0.05) is 6.21 Å². The lowest BCUT2D eigenvalue weighted by molar-refractivity contribution is 1.28. The first kappa shape index (κ1) is 5.95. The topological polar surface area (TPSA) is 38.4 Å². The fraction of sp³-hybridized carbons (Fsp3) is 0. The minimum Gasteiger partial charge on any atom is -0.384 e. The monoisotopic (exact) mass is 96.1 g/mol. The van der Waals surface area contributed by atoms with E-state index in [-0.39, 0.29) is 0 Å². The summed E-state index contributed by atoms with van der Waals surface area (Å²) in [4.78, 5) is 3.58. The maximum atomic E-state index is 5.04. The minimum atomic E-state index is 0.305. The molecule has 0 atom stereocenters. The lowest BCUT2D eigenvalue weighted by Gasteiger charge is -1.79. The highest BCUT2D eigenvalue weighted by molar-refractivity contribution is 5.70. The van der Waals surface area contributed by atoms with Crippen molar-refractivity contribution in [2.24, 2.45) is 10.7 Å². The Morgan fingerprint density at radius 3 is 2.43 bits per heavy atom. The smallest absolute Gasteiger partial charge is 0.115 e. The lowest BCUT2D eigenvalue weighted by Crippen LogP contribution is -1.88. The fourth-order valence-corrected chi connectivity index (χ4v) is 0.148. The normalized spacial score (nSPS) is 9.14. The zero-order chi connectivity index (χ0) is 5.70. The van der Waals surface area contributed by atoms with Crippen molar-refractivity contribution in [1.29, 1.82) is 0 Å². The van der Waals surface area contributed by atoms with Crippen molar-refractivity contribution in [3.8, 4) is 0 Å². The fourth-order valence-electron chi connectivity index (χ4n) is 0.148. The van der Waals surface area contributed by atoms with Gasteiger partial charge < -0.3 is 5.73 Å². The third kappa shape index (κ3) is 4.95.